The summed E-state index contributed by atoms with van der Waals surface area (Å²) in [7, 11) is 0. The van der Waals surface area contributed by atoms with Crippen molar-refractivity contribution in [2.45, 2.75) is 48.2 Å². The smallest absolute Gasteiger partial charge is 0.303 e. The molecule has 1 fully saturated rings. The van der Waals surface area contributed by atoms with Gasteiger partial charge in [0, 0.05) is 6.92 Å². The normalized spacial score (nSPS) is 16.6. The van der Waals surface area contributed by atoms with Crippen LogP contribution in [-0.4, -0.2) is 50.4 Å². The standard InChI is InChI=1S/C69H57N5O5/c1-50(75)77-62-60(47-76-68(54-35-17-5-18-36-54,55-37-19-6-20-38-55)56-39-21-7-22-40-56)78-66(63(62)79-69(57-41-23-8-24-42-57,58-43-25-9-26-44-58)59-45-27-10-28-46-59)74-49-72-61-64(70-48-71-65(61)74)73-67(51-29-11-2-12-30-51,52-31-13-3-14-32-52)53-33-15-4-16-34-53/h2-46,48-49,60,62-63,66H,47H2,1H3,(H,70,71,73)/t60-,62+,63-,66-/m1/s1. The summed E-state index contributed by atoms with van der Waals surface area (Å²) >= 11 is 0. The minimum atomic E-state index is -1.29. The second kappa shape index (κ2) is 22.3. The predicted molar refractivity (Wildman–Crippen MR) is 307 cm³/mol. The number of carbonyl (C=O) groups excluding carboxylic acids is 1. The van der Waals surface area contributed by atoms with E-state index in [-0.39, 0.29) is 6.61 Å². The molecule has 0 amide bonds. The Bertz CT molecular complexity index is 3440. The molecule has 1 aliphatic heterocycles. The zero-order valence-electron chi connectivity index (χ0n) is 43.5. The molecule has 79 heavy (non-hydrogen) atoms. The van der Waals surface area contributed by atoms with E-state index in [4.69, 9.17) is 33.9 Å². The molecule has 388 valence electrons. The van der Waals surface area contributed by atoms with Gasteiger partial charge in [-0.3, -0.25) is 9.36 Å². The fourth-order valence-electron chi connectivity index (χ4n) is 11.5. The molecule has 10 nitrogen and oxygen atoms in total. The fraction of sp³-hybridized carbons (Fsp3) is 0.130. The Hall–Kier alpha value is -9.32. The van der Waals surface area contributed by atoms with Gasteiger partial charge in [0.1, 0.15) is 35.3 Å². The van der Waals surface area contributed by atoms with Crippen molar-refractivity contribution in [1.82, 2.24) is 19.5 Å². The van der Waals surface area contributed by atoms with E-state index >= 15 is 0 Å². The molecule has 9 aromatic carbocycles. The third-order valence-electron chi connectivity index (χ3n) is 15.0. The third kappa shape index (κ3) is 9.46. The first-order valence-corrected chi connectivity index (χ1v) is 26.6. The summed E-state index contributed by atoms with van der Waals surface area (Å²) in [5.74, 6) is -0.0286. The maximum atomic E-state index is 13.8. The second-order valence-electron chi connectivity index (χ2n) is 19.6. The van der Waals surface area contributed by atoms with Crippen LogP contribution in [0, 0.1) is 0 Å². The number of nitrogens with one attached hydrogen (secondary N) is 1. The molecule has 0 saturated carbocycles. The molecule has 11 aromatic rings. The van der Waals surface area contributed by atoms with Gasteiger partial charge in [-0.2, -0.15) is 0 Å². The molecule has 10 heteroatoms. The van der Waals surface area contributed by atoms with Gasteiger partial charge in [0.2, 0.25) is 0 Å². The van der Waals surface area contributed by atoms with Crippen LogP contribution in [0.5, 0.6) is 0 Å². The Balaban J connectivity index is 1.05. The van der Waals surface area contributed by atoms with Crippen LogP contribution in [0.25, 0.3) is 11.2 Å². The van der Waals surface area contributed by atoms with Gasteiger partial charge in [-0.25, -0.2) is 15.0 Å². The molecule has 0 radical (unpaired) electrons. The molecule has 2 aromatic heterocycles. The van der Waals surface area contributed by atoms with Crippen molar-refractivity contribution in [3.63, 3.8) is 0 Å². The number of aromatic nitrogens is 4. The first-order valence-electron chi connectivity index (χ1n) is 26.6. The van der Waals surface area contributed by atoms with Gasteiger partial charge in [0.05, 0.1) is 12.9 Å². The highest BCUT2D eigenvalue weighted by atomic mass is 16.6. The van der Waals surface area contributed by atoms with Crippen molar-refractivity contribution in [2.24, 2.45) is 0 Å². The van der Waals surface area contributed by atoms with E-state index in [1.54, 1.807) is 12.7 Å². The van der Waals surface area contributed by atoms with Crippen LogP contribution < -0.4 is 5.32 Å². The SMILES string of the molecule is CC(=O)O[C@@H]1[C@@H](OC(c2ccccc2)(c2ccccc2)c2ccccc2)[C@H](n2cnc3c(NC(c4ccccc4)(c4ccccc4)c4ccccc4)ncnc32)O[C@@H]1COC(c1ccccc1)(c1ccccc1)c1ccccc1. The summed E-state index contributed by atoms with van der Waals surface area (Å²) in [5.41, 5.74) is 5.85. The largest absolute Gasteiger partial charge is 0.457 e. The van der Waals surface area contributed by atoms with Crippen LogP contribution in [0.4, 0.5) is 5.82 Å². The van der Waals surface area contributed by atoms with Gasteiger partial charge >= 0.3 is 5.97 Å². The summed E-state index contributed by atoms with van der Waals surface area (Å²) < 4.78 is 31.5. The topological polar surface area (TPSA) is 110 Å². The predicted octanol–water partition coefficient (Wildman–Crippen LogP) is 13.4. The lowest BCUT2D eigenvalue weighted by Crippen LogP contribution is -2.46. The average molecular weight is 1040 g/mol. The second-order valence-corrected chi connectivity index (χ2v) is 19.6. The number of esters is 1. The molecule has 1 saturated heterocycles. The van der Waals surface area contributed by atoms with Crippen LogP contribution in [-0.2, 0) is 40.5 Å². The Labute approximate surface area is 460 Å². The molecule has 3 heterocycles. The Kier molecular flexibility index (Phi) is 14.3. The van der Waals surface area contributed by atoms with Gasteiger partial charge in [-0.05, 0) is 50.1 Å². The fourth-order valence-corrected chi connectivity index (χ4v) is 11.5. The van der Waals surface area contributed by atoms with Crippen molar-refractivity contribution >= 4 is 23.0 Å². The van der Waals surface area contributed by atoms with Crippen LogP contribution in [0.1, 0.15) is 63.2 Å². The first kappa shape index (κ1) is 50.5. The number of anilines is 1. The average Bonchev–Trinajstić information content (AvgIpc) is 4.31. The molecule has 0 aliphatic carbocycles. The molecule has 1 N–H and O–H groups in total. The number of benzene rings is 9. The maximum Gasteiger partial charge on any atom is 0.303 e. The van der Waals surface area contributed by atoms with E-state index < -0.39 is 47.3 Å². The van der Waals surface area contributed by atoms with Crippen molar-refractivity contribution in [3.05, 3.63) is 336 Å². The number of carbonyl (C=O) groups is 1. The van der Waals surface area contributed by atoms with Gasteiger partial charge in [0.15, 0.2) is 29.3 Å². The van der Waals surface area contributed by atoms with Crippen LogP contribution in [0.3, 0.4) is 0 Å². The molecule has 1 aliphatic rings. The molecule has 4 atom stereocenters. The van der Waals surface area contributed by atoms with E-state index in [9.17, 15) is 4.79 Å². The van der Waals surface area contributed by atoms with E-state index in [0.717, 1.165) is 50.1 Å². The number of hydrogen-bond acceptors (Lipinski definition) is 9. The summed E-state index contributed by atoms with van der Waals surface area (Å²) in [6.45, 7) is 1.36. The lowest BCUT2D eigenvalue weighted by molar-refractivity contribution is -0.164. The maximum absolute atomic E-state index is 13.8. The quantitative estimate of drug-likeness (QED) is 0.0664. The number of hydrogen-bond donors (Lipinski definition) is 1. The van der Waals surface area contributed by atoms with Gasteiger partial charge in [-0.15, -0.1) is 0 Å². The van der Waals surface area contributed by atoms with E-state index in [1.807, 2.05) is 168 Å². The Morgan fingerprint density at radius 2 is 0.823 bits per heavy atom. The van der Waals surface area contributed by atoms with E-state index in [0.29, 0.717) is 17.0 Å². The molecule has 0 unspecified atom stereocenters. The van der Waals surface area contributed by atoms with E-state index in [2.05, 4.69) is 115 Å². The lowest BCUT2D eigenvalue weighted by atomic mass is 9.77. The van der Waals surface area contributed by atoms with Crippen molar-refractivity contribution in [3.8, 4) is 0 Å². The molecular weight excluding hydrogens is 979 g/mol. The van der Waals surface area contributed by atoms with Crippen LogP contribution in [0.2, 0.25) is 0 Å². The Morgan fingerprint density at radius 3 is 1.19 bits per heavy atom. The number of ether oxygens (including phenoxy) is 4. The monoisotopic (exact) mass is 1040 g/mol. The summed E-state index contributed by atoms with van der Waals surface area (Å²) in [5, 5.41) is 3.94. The molecule has 0 spiro atoms. The number of nitrogens with zero attached hydrogens (tertiary/aromatic N) is 4. The van der Waals surface area contributed by atoms with Crippen LogP contribution in [0.15, 0.2) is 286 Å². The highest BCUT2D eigenvalue weighted by Crippen LogP contribution is 2.49. The number of fused-ring (bicyclic) bond motifs is 1. The van der Waals surface area contributed by atoms with Crippen LogP contribution >= 0.6 is 0 Å². The van der Waals surface area contributed by atoms with Crippen molar-refractivity contribution in [1.29, 1.82) is 0 Å². The summed E-state index contributed by atoms with van der Waals surface area (Å²) in [4.78, 5) is 28.9. The molecule has 12 rings (SSSR count). The summed E-state index contributed by atoms with van der Waals surface area (Å²) in [6, 6.07) is 92.0. The van der Waals surface area contributed by atoms with Gasteiger partial charge < -0.3 is 24.3 Å². The lowest BCUT2D eigenvalue weighted by Gasteiger charge is -2.40. The van der Waals surface area contributed by atoms with Gasteiger partial charge in [-0.1, -0.05) is 273 Å². The van der Waals surface area contributed by atoms with Crippen molar-refractivity contribution in [2.75, 3.05) is 11.9 Å². The third-order valence-corrected chi connectivity index (χ3v) is 15.0. The zero-order valence-corrected chi connectivity index (χ0v) is 43.5. The number of imidazole rings is 1. The first-order chi connectivity index (χ1) is 39.0. The highest BCUT2D eigenvalue weighted by molar-refractivity contribution is 5.84. The highest BCUT2D eigenvalue weighted by Gasteiger charge is 2.55. The van der Waals surface area contributed by atoms with Gasteiger partial charge in [0.25, 0.3) is 0 Å². The number of rotatable bonds is 18. The summed E-state index contributed by atoms with van der Waals surface area (Å²) in [6.07, 6.45) is -0.794. The minimum absolute atomic E-state index is 0.0514. The van der Waals surface area contributed by atoms with E-state index in [1.165, 1.54) is 6.92 Å². The zero-order chi connectivity index (χ0) is 53.5. The molecular formula is C69H57N5O5. The van der Waals surface area contributed by atoms with Crippen molar-refractivity contribution < 1.29 is 23.7 Å². The Morgan fingerprint density at radius 1 is 0.468 bits per heavy atom. The molecule has 0 bridgehead atoms. The minimum Gasteiger partial charge on any atom is -0.457 e.